The van der Waals surface area contributed by atoms with Gasteiger partial charge < -0.3 is 9.80 Å². The van der Waals surface area contributed by atoms with Gasteiger partial charge in [0, 0.05) is 23.4 Å². The zero-order chi connectivity index (χ0) is 22.5. The molecule has 0 aliphatic carbocycles. The molecular formula is C26H23FN2O2S. The molecule has 2 amide bonds. The Kier molecular flexibility index (Phi) is 5.05. The van der Waals surface area contributed by atoms with Crippen molar-refractivity contribution in [3.63, 3.8) is 0 Å². The van der Waals surface area contributed by atoms with Gasteiger partial charge in [-0.05, 0) is 49.7 Å². The maximum Gasteiger partial charge on any atom is 0.268 e. The van der Waals surface area contributed by atoms with E-state index in [1.165, 1.54) is 23.9 Å². The number of rotatable bonds is 3. The molecule has 0 radical (unpaired) electrons. The fraction of sp³-hybridized carbons (Fsp3) is 0.231. The Labute approximate surface area is 191 Å². The second kappa shape index (κ2) is 7.78. The fourth-order valence-electron chi connectivity index (χ4n) is 4.51. The highest BCUT2D eigenvalue weighted by Crippen LogP contribution is 2.55. The molecule has 0 aromatic heterocycles. The van der Waals surface area contributed by atoms with Crippen LogP contribution in [0.1, 0.15) is 32.6 Å². The second-order valence-electron chi connectivity index (χ2n) is 8.35. The van der Waals surface area contributed by atoms with Crippen LogP contribution in [0.15, 0.2) is 66.7 Å². The van der Waals surface area contributed by atoms with Crippen LogP contribution in [0, 0.1) is 19.7 Å². The third-order valence-corrected chi connectivity index (χ3v) is 7.57. The molecule has 1 spiro atoms. The van der Waals surface area contributed by atoms with Crippen molar-refractivity contribution in [1.29, 1.82) is 0 Å². The molecule has 162 valence electrons. The van der Waals surface area contributed by atoms with E-state index in [1.54, 1.807) is 21.9 Å². The van der Waals surface area contributed by atoms with E-state index in [4.69, 9.17) is 0 Å². The Morgan fingerprint density at radius 1 is 1.00 bits per heavy atom. The standard InChI is InChI=1S/C26H23FN2O2S/c1-17-3-8-20(9-4-17)24(30)29-13-14-32-26(29)22-15-18(2)5-12-23(22)28(25(26)31)16-19-6-10-21(27)11-7-19/h3-12,15H,13-14,16H2,1-2H3/t26-/m0/s1. The summed E-state index contributed by atoms with van der Waals surface area (Å²) in [6.07, 6.45) is 0. The van der Waals surface area contributed by atoms with Crippen molar-refractivity contribution in [3.05, 3.63) is 100 Å². The van der Waals surface area contributed by atoms with Gasteiger partial charge in [0.25, 0.3) is 11.8 Å². The first-order chi connectivity index (χ1) is 15.4. The number of hydrogen-bond donors (Lipinski definition) is 0. The second-order valence-corrected chi connectivity index (χ2v) is 9.64. The Bertz CT molecular complexity index is 1210. The molecule has 32 heavy (non-hydrogen) atoms. The van der Waals surface area contributed by atoms with Crippen LogP contribution < -0.4 is 4.90 Å². The van der Waals surface area contributed by atoms with Crippen LogP contribution in [0.5, 0.6) is 0 Å². The molecular weight excluding hydrogens is 423 g/mol. The van der Waals surface area contributed by atoms with E-state index < -0.39 is 4.87 Å². The van der Waals surface area contributed by atoms with Gasteiger partial charge >= 0.3 is 0 Å². The minimum atomic E-state index is -1.08. The highest BCUT2D eigenvalue weighted by molar-refractivity contribution is 8.01. The van der Waals surface area contributed by atoms with Crippen LogP contribution in [0.4, 0.5) is 10.1 Å². The van der Waals surface area contributed by atoms with Crippen molar-refractivity contribution >= 4 is 29.3 Å². The maximum atomic E-state index is 14.0. The number of nitrogens with zero attached hydrogens (tertiary/aromatic N) is 2. The van der Waals surface area contributed by atoms with E-state index >= 15 is 0 Å². The van der Waals surface area contributed by atoms with Crippen molar-refractivity contribution in [2.75, 3.05) is 17.2 Å². The molecule has 0 bridgehead atoms. The van der Waals surface area contributed by atoms with Crippen LogP contribution in [-0.4, -0.2) is 29.0 Å². The number of benzene rings is 3. The van der Waals surface area contributed by atoms with Crippen LogP contribution in [0.2, 0.25) is 0 Å². The highest BCUT2D eigenvalue weighted by Gasteiger charge is 2.59. The number of aryl methyl sites for hydroxylation is 2. The molecule has 2 heterocycles. The van der Waals surface area contributed by atoms with Gasteiger partial charge in [-0.3, -0.25) is 9.59 Å². The summed E-state index contributed by atoms with van der Waals surface area (Å²) in [5, 5.41) is 0. The molecule has 1 atom stereocenters. The molecule has 6 heteroatoms. The van der Waals surface area contributed by atoms with Crippen molar-refractivity contribution in [3.8, 4) is 0 Å². The molecule has 1 saturated heterocycles. The first kappa shape index (κ1) is 20.8. The lowest BCUT2D eigenvalue weighted by molar-refractivity contribution is -0.123. The lowest BCUT2D eigenvalue weighted by Gasteiger charge is -2.33. The number of thioether (sulfide) groups is 1. The normalized spacial score (nSPS) is 19.7. The lowest BCUT2D eigenvalue weighted by atomic mass is 10.0. The third-order valence-electron chi connectivity index (χ3n) is 6.15. The van der Waals surface area contributed by atoms with Crippen LogP contribution in [0.3, 0.4) is 0 Å². The van der Waals surface area contributed by atoms with Gasteiger partial charge in [0.2, 0.25) is 0 Å². The predicted octanol–water partition coefficient (Wildman–Crippen LogP) is 5.03. The Hall–Kier alpha value is -3.12. The lowest BCUT2D eigenvalue weighted by Crippen LogP contribution is -2.50. The van der Waals surface area contributed by atoms with Crippen LogP contribution in [-0.2, 0) is 16.2 Å². The van der Waals surface area contributed by atoms with Gasteiger partial charge in [-0.25, -0.2) is 4.39 Å². The van der Waals surface area contributed by atoms with Crippen molar-refractivity contribution in [2.24, 2.45) is 0 Å². The molecule has 4 nitrogen and oxygen atoms in total. The summed E-state index contributed by atoms with van der Waals surface area (Å²) in [5.74, 6) is 0.112. The Balaban J connectivity index is 1.58. The van der Waals surface area contributed by atoms with Gasteiger partial charge in [-0.15, -0.1) is 11.8 Å². The van der Waals surface area contributed by atoms with Crippen LogP contribution in [0.25, 0.3) is 0 Å². The van der Waals surface area contributed by atoms with Crippen LogP contribution >= 0.6 is 11.8 Å². The minimum Gasteiger partial charge on any atom is -0.311 e. The number of carbonyl (C=O) groups excluding carboxylic acids is 2. The van der Waals surface area contributed by atoms with E-state index in [-0.39, 0.29) is 17.6 Å². The third kappa shape index (κ3) is 3.21. The number of amides is 2. The zero-order valence-electron chi connectivity index (χ0n) is 18.0. The summed E-state index contributed by atoms with van der Waals surface area (Å²) in [7, 11) is 0. The first-order valence-corrected chi connectivity index (χ1v) is 11.6. The van der Waals surface area contributed by atoms with E-state index in [9.17, 15) is 14.0 Å². The Morgan fingerprint density at radius 2 is 1.69 bits per heavy atom. The van der Waals surface area contributed by atoms with Crippen molar-refractivity contribution in [2.45, 2.75) is 25.3 Å². The number of carbonyl (C=O) groups is 2. The molecule has 2 aliphatic rings. The van der Waals surface area contributed by atoms with Crippen molar-refractivity contribution < 1.29 is 14.0 Å². The summed E-state index contributed by atoms with van der Waals surface area (Å²) in [6, 6.07) is 19.6. The fourth-order valence-corrected chi connectivity index (χ4v) is 5.96. The molecule has 2 aliphatic heterocycles. The number of anilines is 1. The Morgan fingerprint density at radius 3 is 2.41 bits per heavy atom. The highest BCUT2D eigenvalue weighted by atomic mass is 32.2. The van der Waals surface area contributed by atoms with Gasteiger partial charge in [0.05, 0.1) is 12.2 Å². The molecule has 0 saturated carbocycles. The smallest absolute Gasteiger partial charge is 0.268 e. The zero-order valence-corrected chi connectivity index (χ0v) is 18.8. The minimum absolute atomic E-state index is 0.120. The van der Waals surface area contributed by atoms with E-state index in [2.05, 4.69) is 0 Å². The average Bonchev–Trinajstić information content (AvgIpc) is 3.32. The monoisotopic (exact) mass is 446 g/mol. The molecule has 3 aromatic rings. The average molecular weight is 447 g/mol. The molecule has 5 rings (SSSR count). The molecule has 0 unspecified atom stereocenters. The van der Waals surface area contributed by atoms with Gasteiger partial charge in [-0.2, -0.15) is 0 Å². The summed E-state index contributed by atoms with van der Waals surface area (Å²) in [5.41, 5.74) is 5.19. The largest absolute Gasteiger partial charge is 0.311 e. The number of halogens is 1. The molecule has 1 fully saturated rings. The number of fused-ring (bicyclic) bond motifs is 2. The van der Waals surface area contributed by atoms with E-state index in [0.29, 0.717) is 24.4 Å². The van der Waals surface area contributed by atoms with E-state index in [1.807, 2.05) is 56.3 Å². The van der Waals surface area contributed by atoms with E-state index in [0.717, 1.165) is 27.9 Å². The summed E-state index contributed by atoms with van der Waals surface area (Å²) in [4.78, 5) is 30.0. The summed E-state index contributed by atoms with van der Waals surface area (Å²) in [6.45, 7) is 4.80. The predicted molar refractivity (Wildman–Crippen MR) is 125 cm³/mol. The molecule has 3 aromatic carbocycles. The van der Waals surface area contributed by atoms with Gasteiger partial charge in [0.1, 0.15) is 5.82 Å². The maximum absolute atomic E-state index is 14.0. The quantitative estimate of drug-likeness (QED) is 0.567. The topological polar surface area (TPSA) is 40.6 Å². The summed E-state index contributed by atoms with van der Waals surface area (Å²) >= 11 is 1.52. The SMILES string of the molecule is Cc1ccc(C(=O)N2CCS[C@@]23C(=O)N(Cc2ccc(F)cc2)c2ccc(C)cc23)cc1. The number of hydrogen-bond acceptors (Lipinski definition) is 3. The van der Waals surface area contributed by atoms with Gasteiger partial charge in [-0.1, -0.05) is 47.5 Å². The van der Waals surface area contributed by atoms with Gasteiger partial charge in [0.15, 0.2) is 4.87 Å². The van der Waals surface area contributed by atoms with Crippen molar-refractivity contribution in [1.82, 2.24) is 4.90 Å². The summed E-state index contributed by atoms with van der Waals surface area (Å²) < 4.78 is 13.4. The first-order valence-electron chi connectivity index (χ1n) is 10.6. The molecule has 0 N–H and O–H groups in total.